The van der Waals surface area contributed by atoms with Gasteiger partial charge in [0.1, 0.15) is 0 Å². The lowest BCUT2D eigenvalue weighted by molar-refractivity contribution is -0.205. The molecule has 74 valence electrons. The van der Waals surface area contributed by atoms with Gasteiger partial charge in [0, 0.05) is 6.54 Å². The van der Waals surface area contributed by atoms with Crippen molar-refractivity contribution >= 4 is 5.91 Å². The third-order valence-electron chi connectivity index (χ3n) is 2.90. The van der Waals surface area contributed by atoms with E-state index >= 15 is 0 Å². The lowest BCUT2D eigenvalue weighted by Gasteiger charge is -2.40. The molecule has 0 aromatic heterocycles. The second-order valence-electron chi connectivity index (χ2n) is 3.96. The van der Waals surface area contributed by atoms with E-state index in [9.17, 15) is 4.79 Å². The SMILES string of the molecule is NC1(C(=O)N2CCCCO2)CCC1. The Labute approximate surface area is 78.0 Å². The molecule has 2 rings (SSSR count). The topological polar surface area (TPSA) is 55.6 Å². The molecule has 13 heavy (non-hydrogen) atoms. The van der Waals surface area contributed by atoms with Crippen molar-refractivity contribution in [3.8, 4) is 0 Å². The van der Waals surface area contributed by atoms with Crippen LogP contribution in [-0.2, 0) is 9.63 Å². The normalized spacial score (nSPS) is 26.7. The maximum absolute atomic E-state index is 11.8. The fourth-order valence-electron chi connectivity index (χ4n) is 1.78. The summed E-state index contributed by atoms with van der Waals surface area (Å²) >= 11 is 0. The highest BCUT2D eigenvalue weighted by Gasteiger charge is 2.43. The van der Waals surface area contributed by atoms with E-state index < -0.39 is 5.54 Å². The van der Waals surface area contributed by atoms with Crippen LogP contribution in [0.2, 0.25) is 0 Å². The van der Waals surface area contributed by atoms with Gasteiger partial charge in [-0.15, -0.1) is 0 Å². The van der Waals surface area contributed by atoms with Crippen molar-refractivity contribution in [2.45, 2.75) is 37.6 Å². The fraction of sp³-hybridized carbons (Fsp3) is 0.889. The van der Waals surface area contributed by atoms with Crippen LogP contribution in [0.15, 0.2) is 0 Å². The molecule has 0 aromatic carbocycles. The zero-order chi connectivity index (χ0) is 9.31. The number of nitrogens with zero attached hydrogens (tertiary/aromatic N) is 1. The predicted molar refractivity (Wildman–Crippen MR) is 47.7 cm³/mol. The lowest BCUT2D eigenvalue weighted by Crippen LogP contribution is -2.60. The summed E-state index contributed by atoms with van der Waals surface area (Å²) < 4.78 is 0. The molecule has 0 atom stereocenters. The zero-order valence-electron chi connectivity index (χ0n) is 7.79. The van der Waals surface area contributed by atoms with Gasteiger partial charge in [-0.05, 0) is 32.1 Å². The first-order chi connectivity index (χ1) is 6.22. The third kappa shape index (κ3) is 1.56. The molecule has 4 nitrogen and oxygen atoms in total. The molecule has 0 radical (unpaired) electrons. The minimum Gasteiger partial charge on any atom is -0.317 e. The summed E-state index contributed by atoms with van der Waals surface area (Å²) in [6.45, 7) is 1.36. The summed E-state index contributed by atoms with van der Waals surface area (Å²) in [6.07, 6.45) is 4.76. The number of hydrogen-bond donors (Lipinski definition) is 1. The highest BCUT2D eigenvalue weighted by atomic mass is 16.7. The van der Waals surface area contributed by atoms with Gasteiger partial charge in [0.25, 0.3) is 5.91 Å². The van der Waals surface area contributed by atoms with Gasteiger partial charge in [0.2, 0.25) is 0 Å². The van der Waals surface area contributed by atoms with Gasteiger partial charge < -0.3 is 5.73 Å². The quantitative estimate of drug-likeness (QED) is 0.642. The van der Waals surface area contributed by atoms with Crippen molar-refractivity contribution in [1.29, 1.82) is 0 Å². The van der Waals surface area contributed by atoms with E-state index in [4.69, 9.17) is 10.6 Å². The van der Waals surface area contributed by atoms with Crippen LogP contribution in [0.25, 0.3) is 0 Å². The molecule has 0 unspecified atom stereocenters. The summed E-state index contributed by atoms with van der Waals surface area (Å²) in [4.78, 5) is 17.0. The van der Waals surface area contributed by atoms with Gasteiger partial charge in [-0.2, -0.15) is 0 Å². The van der Waals surface area contributed by atoms with Gasteiger partial charge in [-0.1, -0.05) is 0 Å². The first-order valence-electron chi connectivity index (χ1n) is 4.96. The minimum absolute atomic E-state index is 0.0153. The Morgan fingerprint density at radius 2 is 2.08 bits per heavy atom. The Bertz CT molecular complexity index is 208. The molecule has 1 aliphatic carbocycles. The van der Waals surface area contributed by atoms with E-state index in [1.165, 1.54) is 5.06 Å². The molecule has 1 heterocycles. The summed E-state index contributed by atoms with van der Waals surface area (Å²) in [6, 6.07) is 0. The molecular formula is C9H16N2O2. The molecule has 2 fully saturated rings. The predicted octanol–water partition coefficient (Wildman–Crippen LogP) is 0.422. The van der Waals surface area contributed by atoms with Crippen LogP contribution in [-0.4, -0.2) is 29.7 Å². The molecule has 0 bridgehead atoms. The molecule has 2 N–H and O–H groups in total. The van der Waals surface area contributed by atoms with Gasteiger partial charge in [-0.3, -0.25) is 9.63 Å². The number of rotatable bonds is 1. The van der Waals surface area contributed by atoms with E-state index in [-0.39, 0.29) is 5.91 Å². The Hall–Kier alpha value is -0.610. The van der Waals surface area contributed by atoms with Crippen LogP contribution in [0.1, 0.15) is 32.1 Å². The minimum atomic E-state index is -0.600. The highest BCUT2D eigenvalue weighted by Crippen LogP contribution is 2.31. The standard InChI is InChI=1S/C9H16N2O2/c10-9(4-3-5-9)8(12)11-6-1-2-7-13-11/h1-7,10H2. The Kier molecular flexibility index (Phi) is 2.26. The van der Waals surface area contributed by atoms with Gasteiger partial charge in [0.05, 0.1) is 12.1 Å². The van der Waals surface area contributed by atoms with Gasteiger partial charge in [-0.25, -0.2) is 5.06 Å². The Morgan fingerprint density at radius 1 is 1.31 bits per heavy atom. The van der Waals surface area contributed by atoms with Crippen LogP contribution >= 0.6 is 0 Å². The molecule has 1 amide bonds. The number of nitrogens with two attached hydrogens (primary N) is 1. The van der Waals surface area contributed by atoms with Crippen LogP contribution in [0.3, 0.4) is 0 Å². The average molecular weight is 184 g/mol. The van der Waals surface area contributed by atoms with Gasteiger partial charge >= 0.3 is 0 Å². The van der Waals surface area contributed by atoms with Crippen LogP contribution in [0.4, 0.5) is 0 Å². The van der Waals surface area contributed by atoms with Crippen molar-refractivity contribution in [2.75, 3.05) is 13.2 Å². The van der Waals surface area contributed by atoms with E-state index in [0.717, 1.165) is 32.1 Å². The number of carbonyl (C=O) groups excluding carboxylic acids is 1. The van der Waals surface area contributed by atoms with Crippen molar-refractivity contribution < 1.29 is 9.63 Å². The summed E-state index contributed by atoms with van der Waals surface area (Å²) in [7, 11) is 0. The molecule has 1 saturated carbocycles. The summed E-state index contributed by atoms with van der Waals surface area (Å²) in [5, 5.41) is 1.46. The first kappa shape index (κ1) is 8.97. The first-order valence-corrected chi connectivity index (χ1v) is 4.96. The molecular weight excluding hydrogens is 168 g/mol. The fourth-order valence-corrected chi connectivity index (χ4v) is 1.78. The molecule has 4 heteroatoms. The van der Waals surface area contributed by atoms with Crippen LogP contribution in [0, 0.1) is 0 Å². The largest absolute Gasteiger partial charge is 0.317 e. The molecule has 1 aliphatic heterocycles. The molecule has 0 spiro atoms. The van der Waals surface area contributed by atoms with Crippen molar-refractivity contribution in [1.82, 2.24) is 5.06 Å². The second-order valence-corrected chi connectivity index (χ2v) is 3.96. The van der Waals surface area contributed by atoms with Gasteiger partial charge in [0.15, 0.2) is 0 Å². The number of hydroxylamine groups is 2. The summed E-state index contributed by atoms with van der Waals surface area (Å²) in [5.74, 6) is -0.0153. The third-order valence-corrected chi connectivity index (χ3v) is 2.90. The number of amides is 1. The maximum Gasteiger partial charge on any atom is 0.266 e. The molecule has 1 saturated heterocycles. The Morgan fingerprint density at radius 3 is 2.54 bits per heavy atom. The van der Waals surface area contributed by atoms with E-state index in [2.05, 4.69) is 0 Å². The monoisotopic (exact) mass is 184 g/mol. The van der Waals surface area contributed by atoms with Crippen molar-refractivity contribution in [3.63, 3.8) is 0 Å². The lowest BCUT2D eigenvalue weighted by atomic mass is 9.77. The Balaban J connectivity index is 1.95. The van der Waals surface area contributed by atoms with Crippen molar-refractivity contribution in [2.24, 2.45) is 5.73 Å². The molecule has 0 aromatic rings. The highest BCUT2D eigenvalue weighted by molar-refractivity contribution is 5.86. The number of hydrogen-bond acceptors (Lipinski definition) is 3. The second kappa shape index (κ2) is 3.27. The zero-order valence-corrected chi connectivity index (χ0v) is 7.79. The van der Waals surface area contributed by atoms with E-state index in [1.54, 1.807) is 0 Å². The summed E-state index contributed by atoms with van der Waals surface area (Å²) in [5.41, 5.74) is 5.31. The maximum atomic E-state index is 11.8. The van der Waals surface area contributed by atoms with Crippen LogP contribution < -0.4 is 5.73 Å². The average Bonchev–Trinajstić information content (AvgIpc) is 2.14. The van der Waals surface area contributed by atoms with E-state index in [1.807, 2.05) is 0 Å². The molecule has 2 aliphatic rings. The van der Waals surface area contributed by atoms with Crippen LogP contribution in [0.5, 0.6) is 0 Å². The smallest absolute Gasteiger partial charge is 0.266 e. The van der Waals surface area contributed by atoms with E-state index in [0.29, 0.717) is 13.2 Å². The van der Waals surface area contributed by atoms with Crippen molar-refractivity contribution in [3.05, 3.63) is 0 Å². The number of carbonyl (C=O) groups is 1.